The molecule has 2 aliphatic rings. The lowest BCUT2D eigenvalue weighted by atomic mass is 10.0. The van der Waals surface area contributed by atoms with E-state index in [9.17, 15) is 0 Å². The molecular weight excluding hydrogens is 322 g/mol. The van der Waals surface area contributed by atoms with Gasteiger partial charge in [0, 0.05) is 36.7 Å². The van der Waals surface area contributed by atoms with Gasteiger partial charge in [-0.2, -0.15) is 5.10 Å². The van der Waals surface area contributed by atoms with Gasteiger partial charge in [-0.25, -0.2) is 0 Å². The van der Waals surface area contributed by atoms with Gasteiger partial charge in [-0.3, -0.25) is 0 Å². The third-order valence-electron chi connectivity index (χ3n) is 4.99. The Kier molecular flexibility index (Phi) is 4.35. The van der Waals surface area contributed by atoms with Crippen LogP contribution in [-0.2, 0) is 9.47 Å². The number of fused-ring (bicyclic) bond motifs is 1. The molecule has 1 spiro atoms. The number of nitrogens with zero attached hydrogens (tertiary/aromatic N) is 3. The summed E-state index contributed by atoms with van der Waals surface area (Å²) in [7, 11) is 3.27. The molecule has 4 rings (SSSR count). The minimum Gasteiger partial charge on any atom is -0.493 e. The van der Waals surface area contributed by atoms with Crippen LogP contribution in [0, 0.1) is 0 Å². The molecule has 134 valence electrons. The molecule has 2 aliphatic heterocycles. The predicted molar refractivity (Wildman–Crippen MR) is 93.3 cm³/mol. The van der Waals surface area contributed by atoms with E-state index in [-0.39, 0.29) is 0 Å². The largest absolute Gasteiger partial charge is 0.493 e. The fraction of sp³-hybridized carbons (Fsp3) is 0.556. The molecule has 7 nitrogen and oxygen atoms in total. The standard InChI is InChI=1S/C18H23N3O4/c1-22-15-10-13-12-19-20-17(14(13)11-16(15)23-2)21-6-4-18(5-7-21)24-8-3-9-25-18/h10-12H,3-9H2,1-2H3. The van der Waals surface area contributed by atoms with Crippen LogP contribution in [0.3, 0.4) is 0 Å². The summed E-state index contributed by atoms with van der Waals surface area (Å²) in [6.07, 6.45) is 4.39. The summed E-state index contributed by atoms with van der Waals surface area (Å²) in [5, 5.41) is 10.6. The molecule has 0 aliphatic carbocycles. The normalized spacial score (nSPS) is 20.0. The summed E-state index contributed by atoms with van der Waals surface area (Å²) in [6.45, 7) is 3.21. The van der Waals surface area contributed by atoms with Crippen molar-refractivity contribution in [2.45, 2.75) is 25.0 Å². The summed E-state index contributed by atoms with van der Waals surface area (Å²) >= 11 is 0. The average Bonchev–Trinajstić information content (AvgIpc) is 2.67. The van der Waals surface area contributed by atoms with Gasteiger partial charge in [-0.1, -0.05) is 0 Å². The monoisotopic (exact) mass is 345 g/mol. The summed E-state index contributed by atoms with van der Waals surface area (Å²) in [5.74, 6) is 1.84. The molecule has 0 bridgehead atoms. The van der Waals surface area contributed by atoms with Gasteiger partial charge in [0.05, 0.1) is 33.6 Å². The van der Waals surface area contributed by atoms with Crippen molar-refractivity contribution in [3.05, 3.63) is 18.3 Å². The third-order valence-corrected chi connectivity index (χ3v) is 4.99. The molecule has 0 atom stereocenters. The first-order valence-electron chi connectivity index (χ1n) is 8.65. The van der Waals surface area contributed by atoms with E-state index in [4.69, 9.17) is 18.9 Å². The molecule has 0 unspecified atom stereocenters. The van der Waals surface area contributed by atoms with Crippen molar-refractivity contribution in [3.8, 4) is 11.5 Å². The van der Waals surface area contributed by atoms with E-state index in [0.29, 0.717) is 11.5 Å². The van der Waals surface area contributed by atoms with Gasteiger partial charge < -0.3 is 23.8 Å². The Balaban J connectivity index is 1.63. The SMILES string of the molecule is COc1cc2cnnc(N3CCC4(CC3)OCCCO4)c2cc1OC. The van der Waals surface area contributed by atoms with E-state index >= 15 is 0 Å². The van der Waals surface area contributed by atoms with E-state index in [1.807, 2.05) is 12.1 Å². The van der Waals surface area contributed by atoms with E-state index in [0.717, 1.165) is 62.2 Å². The zero-order valence-corrected chi connectivity index (χ0v) is 14.7. The lowest BCUT2D eigenvalue weighted by Crippen LogP contribution is -2.50. The van der Waals surface area contributed by atoms with Crippen molar-refractivity contribution >= 4 is 16.6 Å². The zero-order chi connectivity index (χ0) is 17.3. The Morgan fingerprint density at radius 2 is 1.72 bits per heavy atom. The number of hydrogen-bond donors (Lipinski definition) is 0. The number of benzene rings is 1. The van der Waals surface area contributed by atoms with Gasteiger partial charge in [0.2, 0.25) is 0 Å². The van der Waals surface area contributed by atoms with Crippen LogP contribution in [0.25, 0.3) is 10.8 Å². The highest BCUT2D eigenvalue weighted by atomic mass is 16.7. The van der Waals surface area contributed by atoms with Crippen LogP contribution in [0.15, 0.2) is 18.3 Å². The Labute approximate surface area is 146 Å². The van der Waals surface area contributed by atoms with Gasteiger partial charge in [-0.05, 0) is 18.6 Å². The Morgan fingerprint density at radius 3 is 2.40 bits per heavy atom. The molecule has 1 aromatic carbocycles. The van der Waals surface area contributed by atoms with Gasteiger partial charge in [0.25, 0.3) is 0 Å². The summed E-state index contributed by atoms with van der Waals surface area (Å²) in [4.78, 5) is 2.24. The lowest BCUT2D eigenvalue weighted by molar-refractivity contribution is -0.275. The van der Waals surface area contributed by atoms with Crippen molar-refractivity contribution in [1.29, 1.82) is 0 Å². The molecular formula is C18H23N3O4. The number of ether oxygens (including phenoxy) is 4. The quantitative estimate of drug-likeness (QED) is 0.846. The summed E-state index contributed by atoms with van der Waals surface area (Å²) in [5.41, 5.74) is 0. The molecule has 7 heteroatoms. The van der Waals surface area contributed by atoms with Crippen molar-refractivity contribution in [1.82, 2.24) is 10.2 Å². The fourth-order valence-corrected chi connectivity index (χ4v) is 3.59. The number of hydrogen-bond acceptors (Lipinski definition) is 7. The van der Waals surface area contributed by atoms with Gasteiger partial charge in [-0.15, -0.1) is 5.10 Å². The first kappa shape index (κ1) is 16.4. The maximum atomic E-state index is 5.92. The number of methoxy groups -OCH3 is 2. The van der Waals surface area contributed by atoms with Crippen molar-refractivity contribution in [2.24, 2.45) is 0 Å². The van der Waals surface area contributed by atoms with Crippen LogP contribution in [0.4, 0.5) is 5.82 Å². The van der Waals surface area contributed by atoms with Crippen LogP contribution in [0.2, 0.25) is 0 Å². The fourth-order valence-electron chi connectivity index (χ4n) is 3.59. The first-order chi connectivity index (χ1) is 12.2. The van der Waals surface area contributed by atoms with Crippen molar-refractivity contribution in [3.63, 3.8) is 0 Å². The predicted octanol–water partition coefficient (Wildman–Crippen LogP) is 2.38. The van der Waals surface area contributed by atoms with E-state index in [1.165, 1.54) is 0 Å². The van der Waals surface area contributed by atoms with Gasteiger partial charge in [0.15, 0.2) is 23.1 Å². The zero-order valence-electron chi connectivity index (χ0n) is 14.7. The Hall–Kier alpha value is -2.12. The molecule has 3 heterocycles. The van der Waals surface area contributed by atoms with Gasteiger partial charge in [0.1, 0.15) is 0 Å². The molecule has 2 saturated heterocycles. The number of anilines is 1. The van der Waals surface area contributed by atoms with Crippen LogP contribution >= 0.6 is 0 Å². The second-order valence-electron chi connectivity index (χ2n) is 6.41. The molecule has 0 radical (unpaired) electrons. The van der Waals surface area contributed by atoms with Crippen LogP contribution in [0.1, 0.15) is 19.3 Å². The van der Waals surface area contributed by atoms with Gasteiger partial charge >= 0.3 is 0 Å². The summed E-state index contributed by atoms with van der Waals surface area (Å²) in [6, 6.07) is 3.90. The topological polar surface area (TPSA) is 65.9 Å². The van der Waals surface area contributed by atoms with Crippen LogP contribution in [0.5, 0.6) is 11.5 Å². The maximum Gasteiger partial charge on any atom is 0.171 e. The van der Waals surface area contributed by atoms with E-state index < -0.39 is 5.79 Å². The third kappa shape index (κ3) is 2.98. The molecule has 2 fully saturated rings. The lowest BCUT2D eigenvalue weighted by Gasteiger charge is -2.43. The second kappa shape index (κ2) is 6.65. The Morgan fingerprint density at radius 1 is 1.04 bits per heavy atom. The van der Waals surface area contributed by atoms with E-state index in [1.54, 1.807) is 20.4 Å². The smallest absolute Gasteiger partial charge is 0.171 e. The highest BCUT2D eigenvalue weighted by Gasteiger charge is 2.39. The molecule has 0 N–H and O–H groups in total. The molecule has 0 amide bonds. The van der Waals surface area contributed by atoms with Crippen molar-refractivity contribution in [2.75, 3.05) is 45.4 Å². The highest BCUT2D eigenvalue weighted by molar-refractivity contribution is 5.94. The van der Waals surface area contributed by atoms with E-state index in [2.05, 4.69) is 15.1 Å². The number of aromatic nitrogens is 2. The number of piperidine rings is 1. The average molecular weight is 345 g/mol. The molecule has 25 heavy (non-hydrogen) atoms. The van der Waals surface area contributed by atoms with Crippen molar-refractivity contribution < 1.29 is 18.9 Å². The first-order valence-corrected chi connectivity index (χ1v) is 8.65. The van der Waals surface area contributed by atoms with Crippen LogP contribution < -0.4 is 14.4 Å². The maximum absolute atomic E-state index is 5.92. The summed E-state index contributed by atoms with van der Waals surface area (Å²) < 4.78 is 22.7. The molecule has 2 aromatic rings. The minimum absolute atomic E-state index is 0.409. The number of rotatable bonds is 3. The molecule has 0 saturated carbocycles. The Bertz CT molecular complexity index is 751. The minimum atomic E-state index is -0.409. The molecule has 1 aromatic heterocycles. The highest BCUT2D eigenvalue weighted by Crippen LogP contribution is 2.37. The second-order valence-corrected chi connectivity index (χ2v) is 6.41. The van der Waals surface area contributed by atoms with Crippen LogP contribution in [-0.4, -0.2) is 56.5 Å².